The zero-order valence-electron chi connectivity index (χ0n) is 9.66. The molecule has 1 rings (SSSR count). The fourth-order valence-electron chi connectivity index (χ4n) is 1.45. The Morgan fingerprint density at radius 3 is 2.14 bits per heavy atom. The Balaban J connectivity index is 3.04. The summed E-state index contributed by atoms with van der Waals surface area (Å²) in [5.74, 6) is 0.673. The molecule has 0 spiro atoms. The second-order valence-electron chi connectivity index (χ2n) is 4.41. The van der Waals surface area contributed by atoms with Crippen molar-refractivity contribution >= 4 is 3.90 Å². The average molecular weight is 361 g/mol. The molecule has 1 nitrogen and oxygen atoms in total. The third-order valence-corrected chi connectivity index (χ3v) is 4.92. The van der Waals surface area contributed by atoms with Crippen molar-refractivity contribution in [3.8, 4) is 0 Å². The third kappa shape index (κ3) is 2.45. The van der Waals surface area contributed by atoms with Crippen molar-refractivity contribution in [1.82, 2.24) is 4.57 Å². The molecule has 0 aliphatic rings. The van der Waals surface area contributed by atoms with E-state index in [2.05, 4.69) is 51.6 Å². The summed E-state index contributed by atoms with van der Waals surface area (Å²) in [7, 11) is 0. The second-order valence-corrected chi connectivity index (χ2v) is 5.99. The van der Waals surface area contributed by atoms with Gasteiger partial charge in [-0.15, -0.1) is 0 Å². The van der Waals surface area contributed by atoms with Crippen LogP contribution < -0.4 is 0 Å². The average Bonchev–Trinajstić information content (AvgIpc) is 2.46. The summed E-state index contributed by atoms with van der Waals surface area (Å²) < 4.78 is 3.87. The van der Waals surface area contributed by atoms with Gasteiger partial charge in [0.25, 0.3) is 0 Å². The van der Waals surface area contributed by atoms with E-state index in [0.717, 1.165) is 0 Å². The maximum absolute atomic E-state index is 2.30. The normalized spacial score (nSPS) is 11.4. The van der Waals surface area contributed by atoms with Crippen LogP contribution in [0.2, 0.25) is 0 Å². The van der Waals surface area contributed by atoms with Crippen molar-refractivity contribution in [2.45, 2.75) is 40.7 Å². The summed E-state index contributed by atoms with van der Waals surface area (Å²) in [6, 6.07) is 0.567. The fourth-order valence-corrected chi connectivity index (χ4v) is 2.22. The summed E-state index contributed by atoms with van der Waals surface area (Å²) in [4.78, 5) is 0. The molecule has 78 valence electrons. The van der Waals surface area contributed by atoms with Crippen LogP contribution in [0.1, 0.15) is 44.9 Å². The van der Waals surface area contributed by atoms with Crippen LogP contribution in [0.15, 0.2) is 12.4 Å². The van der Waals surface area contributed by atoms with E-state index < -0.39 is 0 Å². The summed E-state index contributed by atoms with van der Waals surface area (Å²) >= 11 is 1.60. The van der Waals surface area contributed by atoms with Gasteiger partial charge in [-0.3, -0.25) is 0 Å². The van der Waals surface area contributed by atoms with Crippen LogP contribution >= 0.6 is 0 Å². The molecule has 0 saturated heterocycles. The standard InChI is InChI=1S/C12H19N.W/c1-9(2)6-12-8-13(10(3)4)7-11(12)5;/h7-10H,1-5H3;. The first-order valence-corrected chi connectivity index (χ1v) is 6.62. The zero-order valence-corrected chi connectivity index (χ0v) is 12.6. The molecule has 1 aromatic rings. The van der Waals surface area contributed by atoms with Crippen molar-refractivity contribution in [2.75, 3.05) is 0 Å². The molecule has 1 heterocycles. The summed E-state index contributed by atoms with van der Waals surface area (Å²) in [6.07, 6.45) is 4.55. The van der Waals surface area contributed by atoms with E-state index in [1.54, 1.807) is 23.3 Å². The molecule has 0 N–H and O–H groups in total. The molecule has 0 saturated carbocycles. The van der Waals surface area contributed by atoms with Gasteiger partial charge in [-0.05, 0) is 0 Å². The SMILES string of the molecule is Cc1cn(C(C)C)cc1[C](=[W])C(C)C. The van der Waals surface area contributed by atoms with Gasteiger partial charge in [0.1, 0.15) is 0 Å². The monoisotopic (exact) mass is 361 g/mol. The van der Waals surface area contributed by atoms with Crippen LogP contribution in [0, 0.1) is 12.8 Å². The number of aromatic nitrogens is 1. The van der Waals surface area contributed by atoms with Gasteiger partial charge in [0.15, 0.2) is 0 Å². The Labute approximate surface area is 97.9 Å². The summed E-state index contributed by atoms with van der Waals surface area (Å²) in [6.45, 7) is 11.2. The van der Waals surface area contributed by atoms with Crippen molar-refractivity contribution in [2.24, 2.45) is 5.92 Å². The van der Waals surface area contributed by atoms with Gasteiger partial charge in [-0.25, -0.2) is 0 Å². The summed E-state index contributed by atoms with van der Waals surface area (Å²) in [5, 5.41) is 0. The number of hydrogen-bond acceptors (Lipinski definition) is 0. The number of aryl methyl sites for hydroxylation is 1. The van der Waals surface area contributed by atoms with Crippen molar-refractivity contribution in [3.63, 3.8) is 0 Å². The molecule has 14 heavy (non-hydrogen) atoms. The molecule has 0 bridgehead atoms. The van der Waals surface area contributed by atoms with Crippen LogP contribution in [0.25, 0.3) is 0 Å². The fraction of sp³-hybridized carbons (Fsp3) is 0.583. The number of rotatable bonds is 3. The topological polar surface area (TPSA) is 4.93 Å². The van der Waals surface area contributed by atoms with E-state index in [1.165, 1.54) is 11.1 Å². The molecule has 0 aliphatic carbocycles. The quantitative estimate of drug-likeness (QED) is 0.780. The Bertz CT molecular complexity index is 334. The van der Waals surface area contributed by atoms with Gasteiger partial charge >= 0.3 is 97.9 Å². The molecule has 0 aromatic carbocycles. The third-order valence-electron chi connectivity index (χ3n) is 2.43. The first kappa shape index (κ1) is 11.9. The van der Waals surface area contributed by atoms with Crippen molar-refractivity contribution < 1.29 is 19.4 Å². The predicted molar refractivity (Wildman–Crippen MR) is 58.5 cm³/mol. The molecule has 0 unspecified atom stereocenters. The van der Waals surface area contributed by atoms with Gasteiger partial charge in [0, 0.05) is 0 Å². The van der Waals surface area contributed by atoms with Crippen molar-refractivity contribution in [3.05, 3.63) is 23.5 Å². The van der Waals surface area contributed by atoms with E-state index in [1.807, 2.05) is 0 Å². The minimum absolute atomic E-state index is 0.567. The van der Waals surface area contributed by atoms with E-state index in [-0.39, 0.29) is 0 Å². The van der Waals surface area contributed by atoms with E-state index in [0.29, 0.717) is 12.0 Å². The number of nitrogens with zero attached hydrogens (tertiary/aromatic N) is 1. The van der Waals surface area contributed by atoms with Crippen LogP contribution in [-0.4, -0.2) is 8.47 Å². The molecular formula is C12H19NW. The Morgan fingerprint density at radius 1 is 1.21 bits per heavy atom. The Morgan fingerprint density at radius 2 is 1.79 bits per heavy atom. The molecule has 2 heteroatoms. The first-order valence-electron chi connectivity index (χ1n) is 5.15. The minimum atomic E-state index is 0.567. The van der Waals surface area contributed by atoms with Gasteiger partial charge in [-0.2, -0.15) is 0 Å². The van der Waals surface area contributed by atoms with Crippen LogP contribution in [0.4, 0.5) is 0 Å². The van der Waals surface area contributed by atoms with Gasteiger partial charge < -0.3 is 0 Å². The number of hydrogen-bond donors (Lipinski definition) is 0. The maximum atomic E-state index is 2.30. The van der Waals surface area contributed by atoms with Gasteiger partial charge in [-0.1, -0.05) is 0 Å². The van der Waals surface area contributed by atoms with Crippen molar-refractivity contribution in [1.29, 1.82) is 0 Å². The first-order chi connectivity index (χ1) is 6.43. The molecule has 1 aromatic heterocycles. The predicted octanol–water partition coefficient (Wildman–Crippen LogP) is 3.10. The molecular weight excluding hydrogens is 342 g/mol. The molecule has 0 fully saturated rings. The van der Waals surface area contributed by atoms with Gasteiger partial charge in [0.05, 0.1) is 0 Å². The molecule has 0 amide bonds. The molecule has 0 atom stereocenters. The van der Waals surface area contributed by atoms with E-state index >= 15 is 0 Å². The second kappa shape index (κ2) is 4.57. The molecule has 0 aliphatic heterocycles. The van der Waals surface area contributed by atoms with Gasteiger partial charge in [0.2, 0.25) is 0 Å². The Hall–Kier alpha value is -0.162. The molecule has 0 radical (unpaired) electrons. The zero-order chi connectivity index (χ0) is 10.9. The van der Waals surface area contributed by atoms with E-state index in [9.17, 15) is 0 Å². The van der Waals surface area contributed by atoms with Crippen LogP contribution in [-0.2, 0) is 19.4 Å². The Kier molecular flexibility index (Phi) is 3.89. The van der Waals surface area contributed by atoms with Crippen LogP contribution in [0.5, 0.6) is 0 Å². The van der Waals surface area contributed by atoms with E-state index in [4.69, 9.17) is 0 Å². The summed E-state index contributed by atoms with van der Waals surface area (Å²) in [5.41, 5.74) is 2.88. The van der Waals surface area contributed by atoms with Crippen LogP contribution in [0.3, 0.4) is 0 Å².